The highest BCUT2D eigenvalue weighted by Gasteiger charge is 2.04. The van der Waals surface area contributed by atoms with Gasteiger partial charge in [0.15, 0.2) is 0 Å². The van der Waals surface area contributed by atoms with Crippen LogP contribution in [0.15, 0.2) is 0 Å². The Balaban J connectivity index is 0. The number of aliphatic hydroxyl groups is 1. The summed E-state index contributed by atoms with van der Waals surface area (Å²) in [6.45, 7) is 5.04. The van der Waals surface area contributed by atoms with Crippen molar-refractivity contribution in [3.05, 3.63) is 0 Å². The fraction of sp³-hybridized carbons (Fsp3) is 0.800. The van der Waals surface area contributed by atoms with Gasteiger partial charge < -0.3 is 14.9 Å². The third-order valence-electron chi connectivity index (χ3n) is 1.32. The number of carbonyl (C=O) groups is 2. The van der Waals surface area contributed by atoms with Crippen LogP contribution < -0.4 is 0 Å². The lowest BCUT2D eigenvalue weighted by Crippen LogP contribution is -2.05. The van der Waals surface area contributed by atoms with E-state index in [4.69, 9.17) is 14.9 Å². The van der Waals surface area contributed by atoms with Crippen molar-refractivity contribution in [2.75, 3.05) is 19.8 Å². The average molecular weight is 220 g/mol. The van der Waals surface area contributed by atoms with Gasteiger partial charge in [-0.1, -0.05) is 6.92 Å². The molecule has 5 heteroatoms. The molecule has 15 heavy (non-hydrogen) atoms. The molecule has 0 aromatic carbocycles. The van der Waals surface area contributed by atoms with Crippen molar-refractivity contribution in [2.45, 2.75) is 33.1 Å². The summed E-state index contributed by atoms with van der Waals surface area (Å²) in [6.07, 6.45) is 0.784. The van der Waals surface area contributed by atoms with Crippen molar-refractivity contribution in [1.29, 1.82) is 0 Å². The largest absolute Gasteiger partial charge is 0.481 e. The van der Waals surface area contributed by atoms with Crippen molar-refractivity contribution in [2.24, 2.45) is 0 Å². The molecule has 0 radical (unpaired) electrons. The Morgan fingerprint density at radius 3 is 2.13 bits per heavy atom. The summed E-state index contributed by atoms with van der Waals surface area (Å²) >= 11 is 0. The zero-order chi connectivity index (χ0) is 12.1. The number of ether oxygens (including phenoxy) is 1. The molecular weight excluding hydrogens is 200 g/mol. The standard InChI is InChI=1S/C6H10O3.C4H10O2/c1-2-3-5(7)4-6(8)9;1-2-6-4-3-5/h2-4H2,1H3,(H,8,9);5H,2-4H2,1H3. The van der Waals surface area contributed by atoms with E-state index >= 15 is 0 Å². The third kappa shape index (κ3) is 19.5. The maximum Gasteiger partial charge on any atom is 0.310 e. The van der Waals surface area contributed by atoms with Crippen LogP contribution in [0.3, 0.4) is 0 Å². The lowest BCUT2D eigenvalue weighted by atomic mass is 10.2. The van der Waals surface area contributed by atoms with E-state index in [1.165, 1.54) is 0 Å². The van der Waals surface area contributed by atoms with Crippen LogP contribution in [0, 0.1) is 0 Å². The molecule has 0 amide bonds. The predicted octanol–water partition coefficient (Wildman–Crippen LogP) is 0.845. The first-order valence-corrected chi connectivity index (χ1v) is 5.00. The number of hydrogen-bond acceptors (Lipinski definition) is 4. The maximum absolute atomic E-state index is 10.5. The Kier molecular flexibility index (Phi) is 14.4. The van der Waals surface area contributed by atoms with E-state index in [1.807, 2.05) is 13.8 Å². The van der Waals surface area contributed by atoms with Crippen LogP contribution in [0.2, 0.25) is 0 Å². The van der Waals surface area contributed by atoms with Crippen LogP contribution >= 0.6 is 0 Å². The maximum atomic E-state index is 10.5. The first-order chi connectivity index (χ1) is 7.08. The summed E-state index contributed by atoms with van der Waals surface area (Å²) in [7, 11) is 0. The molecule has 90 valence electrons. The van der Waals surface area contributed by atoms with Gasteiger partial charge in [-0.2, -0.15) is 0 Å². The van der Waals surface area contributed by atoms with Gasteiger partial charge in [0.1, 0.15) is 12.2 Å². The lowest BCUT2D eigenvalue weighted by Gasteiger charge is -1.91. The molecule has 0 fully saturated rings. The third-order valence-corrected chi connectivity index (χ3v) is 1.32. The summed E-state index contributed by atoms with van der Waals surface area (Å²) in [5.74, 6) is -1.22. The van der Waals surface area contributed by atoms with Gasteiger partial charge >= 0.3 is 5.97 Å². The number of aliphatic carboxylic acids is 1. The second kappa shape index (κ2) is 13.1. The zero-order valence-electron chi connectivity index (χ0n) is 9.36. The smallest absolute Gasteiger partial charge is 0.310 e. The second-order valence-corrected chi connectivity index (χ2v) is 2.78. The van der Waals surface area contributed by atoms with Crippen LogP contribution in [0.5, 0.6) is 0 Å². The Morgan fingerprint density at radius 2 is 1.87 bits per heavy atom. The van der Waals surface area contributed by atoms with E-state index in [0.717, 1.165) is 6.42 Å². The van der Waals surface area contributed by atoms with Gasteiger partial charge in [0.05, 0.1) is 13.2 Å². The Labute approximate surface area is 90.1 Å². The normalized spacial score (nSPS) is 9.00. The van der Waals surface area contributed by atoms with Crippen LogP contribution in [0.4, 0.5) is 0 Å². The molecule has 0 aliphatic heterocycles. The lowest BCUT2D eigenvalue weighted by molar-refractivity contribution is -0.140. The number of ketones is 1. The predicted molar refractivity (Wildman–Crippen MR) is 55.7 cm³/mol. The fourth-order valence-corrected chi connectivity index (χ4v) is 0.745. The summed E-state index contributed by atoms with van der Waals surface area (Å²) in [4.78, 5) is 20.3. The number of Topliss-reactive ketones (excluding diaryl/α,β-unsaturated/α-hetero) is 1. The molecule has 0 aliphatic rings. The number of carboxylic acids is 1. The molecule has 2 N–H and O–H groups in total. The van der Waals surface area contributed by atoms with E-state index in [2.05, 4.69) is 0 Å². The highest BCUT2D eigenvalue weighted by Crippen LogP contribution is 1.92. The number of hydrogen-bond donors (Lipinski definition) is 2. The molecule has 0 spiro atoms. The molecule has 0 aromatic rings. The van der Waals surface area contributed by atoms with Gasteiger partial charge in [0.25, 0.3) is 0 Å². The van der Waals surface area contributed by atoms with E-state index in [0.29, 0.717) is 19.6 Å². The SMILES string of the molecule is CCCC(=O)CC(=O)O.CCOCCO. The van der Waals surface area contributed by atoms with Gasteiger partial charge in [0.2, 0.25) is 0 Å². The molecule has 5 nitrogen and oxygen atoms in total. The minimum atomic E-state index is -1.03. The van der Waals surface area contributed by atoms with Crippen LogP contribution in [0.1, 0.15) is 33.1 Å². The second-order valence-electron chi connectivity index (χ2n) is 2.78. The molecule has 0 atom stereocenters. The van der Waals surface area contributed by atoms with Crippen molar-refractivity contribution >= 4 is 11.8 Å². The number of rotatable bonds is 7. The average Bonchev–Trinajstić information content (AvgIpc) is 2.15. The summed E-state index contributed by atoms with van der Waals surface area (Å²) in [5, 5.41) is 16.2. The molecule has 0 bridgehead atoms. The van der Waals surface area contributed by atoms with Gasteiger partial charge in [-0.3, -0.25) is 9.59 Å². The summed E-state index contributed by atoms with van der Waals surface area (Å²) < 4.78 is 4.73. The van der Waals surface area contributed by atoms with E-state index < -0.39 is 5.97 Å². The van der Waals surface area contributed by atoms with Gasteiger partial charge in [-0.15, -0.1) is 0 Å². The van der Waals surface area contributed by atoms with Crippen molar-refractivity contribution < 1.29 is 24.5 Å². The molecule has 0 aromatic heterocycles. The quantitative estimate of drug-likeness (QED) is 0.490. The molecule has 0 saturated heterocycles. The molecule has 0 rings (SSSR count). The topological polar surface area (TPSA) is 83.8 Å². The van der Waals surface area contributed by atoms with Gasteiger partial charge in [0, 0.05) is 13.0 Å². The summed E-state index contributed by atoms with van der Waals surface area (Å²) in [5.41, 5.74) is 0. The van der Waals surface area contributed by atoms with Crippen LogP contribution in [-0.2, 0) is 14.3 Å². The van der Waals surface area contributed by atoms with Crippen molar-refractivity contribution in [3.8, 4) is 0 Å². The van der Waals surface area contributed by atoms with E-state index in [9.17, 15) is 9.59 Å². The van der Waals surface area contributed by atoms with E-state index in [1.54, 1.807) is 0 Å². The molecule has 0 saturated carbocycles. The first kappa shape index (κ1) is 16.5. The van der Waals surface area contributed by atoms with Crippen LogP contribution in [-0.4, -0.2) is 41.8 Å². The molecule has 0 unspecified atom stereocenters. The summed E-state index contributed by atoms with van der Waals surface area (Å²) in [6, 6.07) is 0. The Hall–Kier alpha value is -0.940. The van der Waals surface area contributed by atoms with Crippen molar-refractivity contribution in [3.63, 3.8) is 0 Å². The molecular formula is C10H20O5. The Bertz CT molecular complexity index is 163. The van der Waals surface area contributed by atoms with E-state index in [-0.39, 0.29) is 18.8 Å². The monoisotopic (exact) mass is 220 g/mol. The minimum absolute atomic E-state index is 0.133. The molecule has 0 aliphatic carbocycles. The number of aliphatic hydroxyl groups excluding tert-OH is 1. The zero-order valence-corrected chi connectivity index (χ0v) is 9.36. The minimum Gasteiger partial charge on any atom is -0.481 e. The number of carbonyl (C=O) groups excluding carboxylic acids is 1. The van der Waals surface area contributed by atoms with Gasteiger partial charge in [-0.05, 0) is 13.3 Å². The number of carboxylic acid groups (broad SMARTS) is 1. The Morgan fingerprint density at radius 1 is 1.27 bits per heavy atom. The molecule has 0 heterocycles. The highest BCUT2D eigenvalue weighted by atomic mass is 16.5. The van der Waals surface area contributed by atoms with Crippen molar-refractivity contribution in [1.82, 2.24) is 0 Å². The van der Waals surface area contributed by atoms with Gasteiger partial charge in [-0.25, -0.2) is 0 Å². The fourth-order valence-electron chi connectivity index (χ4n) is 0.745. The highest BCUT2D eigenvalue weighted by molar-refractivity contribution is 5.94. The van der Waals surface area contributed by atoms with Crippen LogP contribution in [0.25, 0.3) is 0 Å². The first-order valence-electron chi connectivity index (χ1n) is 5.00.